The van der Waals surface area contributed by atoms with Crippen LogP contribution in [-0.4, -0.2) is 77.0 Å². The highest BCUT2D eigenvalue weighted by atomic mass is 31.1. The molecule has 4 heterocycles. The predicted molar refractivity (Wildman–Crippen MR) is 139 cm³/mol. The quantitative estimate of drug-likeness (QED) is 0.280. The van der Waals surface area contributed by atoms with E-state index in [2.05, 4.69) is 72.2 Å². The minimum atomic E-state index is -0.665. The molecule has 4 fully saturated rings. The Hall–Kier alpha value is -2.02. The third kappa shape index (κ3) is 5.46. The van der Waals surface area contributed by atoms with E-state index in [0.29, 0.717) is 0 Å². The first-order valence-corrected chi connectivity index (χ1v) is 13.9. The molecule has 0 radical (unpaired) electrons. The summed E-state index contributed by atoms with van der Waals surface area (Å²) >= 11 is 0. The van der Waals surface area contributed by atoms with Gasteiger partial charge in [0.1, 0.15) is 5.16 Å². The summed E-state index contributed by atoms with van der Waals surface area (Å²) in [6.45, 7) is 11.0. The summed E-state index contributed by atoms with van der Waals surface area (Å²) in [4.78, 5) is 4.71. The van der Waals surface area contributed by atoms with Gasteiger partial charge < -0.3 is 28.7 Å². The third-order valence-corrected chi connectivity index (χ3v) is 8.91. The molecule has 8 heteroatoms. The smallest absolute Gasteiger partial charge is 0.172 e. The van der Waals surface area contributed by atoms with Crippen molar-refractivity contribution in [2.45, 2.75) is 43.4 Å². The van der Waals surface area contributed by atoms with Gasteiger partial charge in [-0.25, -0.2) is 0 Å². The lowest BCUT2D eigenvalue weighted by Gasteiger charge is -2.34. The maximum absolute atomic E-state index is 13.2. The standard InChI is InChI=1S/C28H35N2O5P/c1-19(2)28(36-31,20-5-3-7-22(9-20)29(11-24-15-32-24)12-25-16-33-25)21-6-4-8-23(10-21)30(13-26-17-34-26)14-27-18-35-27/h3-10,19,24-27H,11-18H2,1-2H3. The Morgan fingerprint density at radius 1 is 0.750 bits per heavy atom. The first-order valence-electron chi connectivity index (χ1n) is 13.1. The second kappa shape index (κ2) is 10.0. The third-order valence-electron chi connectivity index (χ3n) is 7.59. The Bertz CT molecular complexity index is 978. The second-order valence-corrected chi connectivity index (χ2v) is 11.6. The Morgan fingerprint density at radius 2 is 1.11 bits per heavy atom. The number of hydrogen-bond acceptors (Lipinski definition) is 7. The van der Waals surface area contributed by atoms with Crippen LogP contribution in [0.25, 0.3) is 0 Å². The molecule has 192 valence electrons. The van der Waals surface area contributed by atoms with Gasteiger partial charge in [-0.1, -0.05) is 38.1 Å². The zero-order valence-corrected chi connectivity index (χ0v) is 21.9. The summed E-state index contributed by atoms with van der Waals surface area (Å²) in [6, 6.07) is 17.1. The molecule has 0 saturated carbocycles. The molecule has 7 nitrogen and oxygen atoms in total. The van der Waals surface area contributed by atoms with Crippen molar-refractivity contribution in [1.29, 1.82) is 0 Å². The van der Waals surface area contributed by atoms with E-state index in [-0.39, 0.29) is 38.8 Å². The summed E-state index contributed by atoms with van der Waals surface area (Å²) < 4.78 is 35.3. The summed E-state index contributed by atoms with van der Waals surface area (Å²) in [5.41, 5.74) is 4.37. The molecule has 2 aromatic rings. The van der Waals surface area contributed by atoms with Gasteiger partial charge in [-0.15, -0.1) is 0 Å². The molecule has 4 aliphatic heterocycles. The van der Waals surface area contributed by atoms with Crippen LogP contribution in [0.15, 0.2) is 48.5 Å². The molecule has 36 heavy (non-hydrogen) atoms. The van der Waals surface area contributed by atoms with E-state index in [9.17, 15) is 4.57 Å². The van der Waals surface area contributed by atoms with Crippen molar-refractivity contribution in [3.8, 4) is 0 Å². The Kier molecular flexibility index (Phi) is 6.78. The van der Waals surface area contributed by atoms with Crippen molar-refractivity contribution < 1.29 is 23.5 Å². The summed E-state index contributed by atoms with van der Waals surface area (Å²) in [5.74, 6) is 0.112. The van der Waals surface area contributed by atoms with Gasteiger partial charge >= 0.3 is 0 Å². The Labute approximate surface area is 214 Å². The lowest BCUT2D eigenvalue weighted by molar-refractivity contribution is 0.388. The van der Waals surface area contributed by atoms with Crippen molar-refractivity contribution >= 4 is 19.8 Å². The summed E-state index contributed by atoms with van der Waals surface area (Å²) in [6.07, 6.45) is 1.14. The number of anilines is 2. The average molecular weight is 511 g/mol. The van der Waals surface area contributed by atoms with E-state index in [1.807, 2.05) is 0 Å². The maximum atomic E-state index is 13.2. The molecular formula is C28H35N2O5P. The van der Waals surface area contributed by atoms with E-state index < -0.39 is 5.16 Å². The van der Waals surface area contributed by atoms with Crippen molar-refractivity contribution in [3.63, 3.8) is 0 Å². The summed E-state index contributed by atoms with van der Waals surface area (Å²) in [5, 5.41) is -0.665. The van der Waals surface area contributed by atoms with Crippen molar-refractivity contribution in [2.75, 3.05) is 62.4 Å². The Balaban J connectivity index is 1.34. The normalized spacial score (nSPS) is 27.5. The predicted octanol–water partition coefficient (Wildman–Crippen LogP) is 4.09. The molecule has 4 unspecified atom stereocenters. The minimum absolute atomic E-state index is 0.0867. The van der Waals surface area contributed by atoms with E-state index in [1.165, 1.54) is 0 Å². The largest absolute Gasteiger partial charge is 0.371 e. The molecule has 0 aliphatic carbocycles. The monoisotopic (exact) mass is 510 g/mol. The zero-order valence-electron chi connectivity index (χ0n) is 21.0. The lowest BCUT2D eigenvalue weighted by Crippen LogP contribution is -2.33. The van der Waals surface area contributed by atoms with Crippen LogP contribution in [0.5, 0.6) is 0 Å². The van der Waals surface area contributed by atoms with Crippen molar-refractivity contribution in [2.24, 2.45) is 5.92 Å². The van der Waals surface area contributed by atoms with Gasteiger partial charge in [0.15, 0.2) is 8.46 Å². The van der Waals surface area contributed by atoms with E-state index >= 15 is 0 Å². The second-order valence-electron chi connectivity index (χ2n) is 10.7. The van der Waals surface area contributed by atoms with Crippen LogP contribution < -0.4 is 9.80 Å². The molecule has 2 aromatic carbocycles. The highest BCUT2D eigenvalue weighted by Crippen LogP contribution is 2.49. The van der Waals surface area contributed by atoms with E-state index in [4.69, 9.17) is 18.9 Å². The molecule has 0 spiro atoms. The van der Waals surface area contributed by atoms with Gasteiger partial charge in [-0.2, -0.15) is 0 Å². The van der Waals surface area contributed by atoms with Crippen LogP contribution >= 0.6 is 8.46 Å². The molecule has 4 saturated heterocycles. The van der Waals surface area contributed by atoms with Crippen LogP contribution in [0, 0.1) is 5.92 Å². The van der Waals surface area contributed by atoms with Crippen LogP contribution in [0.2, 0.25) is 0 Å². The van der Waals surface area contributed by atoms with Gasteiger partial charge in [-0.05, 0) is 41.3 Å². The Morgan fingerprint density at radius 3 is 1.39 bits per heavy atom. The number of hydrogen-bond donors (Lipinski definition) is 0. The van der Waals surface area contributed by atoms with E-state index in [1.54, 1.807) is 0 Å². The van der Waals surface area contributed by atoms with Gasteiger partial charge in [-0.3, -0.25) is 4.57 Å². The SMILES string of the molecule is CC(C)C(P=O)(c1cccc(N(CC2CO2)CC2CO2)c1)c1cccc(N(CC2CO2)CC2CO2)c1. The van der Waals surface area contributed by atoms with Crippen LogP contribution in [0.3, 0.4) is 0 Å². The fourth-order valence-corrected chi connectivity index (χ4v) is 5.87. The van der Waals surface area contributed by atoms with Gasteiger partial charge in [0, 0.05) is 37.6 Å². The van der Waals surface area contributed by atoms with Gasteiger partial charge in [0.05, 0.1) is 50.8 Å². The highest BCUT2D eigenvalue weighted by Gasteiger charge is 2.41. The van der Waals surface area contributed by atoms with Crippen LogP contribution in [0.4, 0.5) is 11.4 Å². The average Bonchev–Trinajstić information content (AvgIpc) is 3.69. The molecule has 6 rings (SSSR count). The summed E-state index contributed by atoms with van der Waals surface area (Å²) in [7, 11) is 0.0867. The fourth-order valence-electron chi connectivity index (χ4n) is 5.17. The fraction of sp³-hybridized carbons (Fsp3) is 0.571. The van der Waals surface area contributed by atoms with Crippen LogP contribution in [-0.2, 0) is 28.7 Å². The molecule has 4 atom stereocenters. The number of nitrogens with zero attached hydrogens (tertiary/aromatic N) is 2. The highest BCUT2D eigenvalue weighted by molar-refractivity contribution is 7.26. The topological polar surface area (TPSA) is 73.7 Å². The molecule has 0 amide bonds. The minimum Gasteiger partial charge on any atom is -0.371 e. The van der Waals surface area contributed by atoms with Crippen molar-refractivity contribution in [3.05, 3.63) is 59.7 Å². The van der Waals surface area contributed by atoms with Gasteiger partial charge in [0.2, 0.25) is 0 Å². The van der Waals surface area contributed by atoms with Crippen molar-refractivity contribution in [1.82, 2.24) is 0 Å². The number of epoxide rings is 4. The lowest BCUT2D eigenvalue weighted by atomic mass is 9.81. The van der Waals surface area contributed by atoms with Gasteiger partial charge in [0.25, 0.3) is 0 Å². The molecule has 4 aliphatic rings. The molecule has 0 bridgehead atoms. The number of benzene rings is 2. The maximum Gasteiger partial charge on any atom is 0.172 e. The van der Waals surface area contributed by atoms with E-state index in [0.717, 1.165) is 75.1 Å². The molecular weight excluding hydrogens is 475 g/mol. The van der Waals surface area contributed by atoms with Crippen LogP contribution in [0.1, 0.15) is 25.0 Å². The number of rotatable bonds is 14. The molecule has 0 N–H and O–H groups in total. The molecule has 0 aromatic heterocycles. The number of ether oxygens (including phenoxy) is 4. The first kappa shape index (κ1) is 24.3. The zero-order chi connectivity index (χ0) is 24.7. The first-order chi connectivity index (χ1) is 17.5.